The van der Waals surface area contributed by atoms with Gasteiger partial charge >= 0.3 is 0 Å². The van der Waals surface area contributed by atoms with Gasteiger partial charge in [0.05, 0.1) is 0 Å². The van der Waals surface area contributed by atoms with Crippen LogP contribution in [0.25, 0.3) is 10.8 Å². The molecule has 0 saturated heterocycles. The number of halogens is 1. The van der Waals surface area contributed by atoms with Crippen molar-refractivity contribution in [2.24, 2.45) is 11.8 Å². The van der Waals surface area contributed by atoms with Gasteiger partial charge in [0.15, 0.2) is 0 Å². The lowest BCUT2D eigenvalue weighted by Gasteiger charge is -2.28. The Morgan fingerprint density at radius 3 is 2.24 bits per heavy atom. The van der Waals surface area contributed by atoms with E-state index < -0.39 is 0 Å². The van der Waals surface area contributed by atoms with Crippen LogP contribution in [0.3, 0.4) is 0 Å². The number of hydrogen-bond donors (Lipinski definition) is 0. The van der Waals surface area contributed by atoms with Gasteiger partial charge < -0.3 is 0 Å². The van der Waals surface area contributed by atoms with E-state index in [2.05, 4.69) is 68.2 Å². The summed E-state index contributed by atoms with van der Waals surface area (Å²) in [4.78, 5) is 0. The molecule has 0 nitrogen and oxygen atoms in total. The smallest absolute Gasteiger partial charge is 0.134 e. The fraction of sp³-hybridized carbons (Fsp3) is 0.444. The van der Waals surface area contributed by atoms with Gasteiger partial charge in [-0.15, -0.1) is 0 Å². The molecule has 1 heteroatoms. The van der Waals surface area contributed by atoms with Crippen LogP contribution in [-0.2, 0) is 12.8 Å². The molecule has 0 bridgehead atoms. The third-order valence-electron chi connectivity index (χ3n) is 8.18. The molecule has 194 valence electrons. The Morgan fingerprint density at radius 1 is 0.811 bits per heavy atom. The van der Waals surface area contributed by atoms with E-state index in [1.807, 2.05) is 24.3 Å². The minimum Gasteiger partial charge on any atom is -0.206 e. The third-order valence-corrected chi connectivity index (χ3v) is 8.18. The van der Waals surface area contributed by atoms with Crippen LogP contribution in [-0.4, -0.2) is 0 Å². The highest BCUT2D eigenvalue weighted by Crippen LogP contribution is 2.35. The summed E-state index contributed by atoms with van der Waals surface area (Å²) in [6, 6.07) is 18.4. The van der Waals surface area contributed by atoms with E-state index in [1.54, 1.807) is 0 Å². The standard InChI is InChI=1S/C36H43F/c1-3-5-7-9-28-11-15-30(16-12-28)19-20-32-22-26-35-34(27-32)25-24-33(36(35)37)23-21-31-17-13-29(14-18-31)10-8-6-4-2/h3,5,11-12,15-16,22,24-27,29,31H,4,6-10,13-14,17-18,21,23H2,1-2H3/b5-3+. The zero-order chi connectivity index (χ0) is 25.9. The van der Waals surface area contributed by atoms with Crippen LogP contribution < -0.4 is 0 Å². The number of benzene rings is 3. The van der Waals surface area contributed by atoms with Gasteiger partial charge in [-0.3, -0.25) is 0 Å². The monoisotopic (exact) mass is 494 g/mol. The normalized spacial score (nSPS) is 17.7. The molecule has 3 aromatic carbocycles. The van der Waals surface area contributed by atoms with Gasteiger partial charge in [0, 0.05) is 16.5 Å². The largest absolute Gasteiger partial charge is 0.206 e. The summed E-state index contributed by atoms with van der Waals surface area (Å²) in [6.07, 6.45) is 19.3. The van der Waals surface area contributed by atoms with Gasteiger partial charge in [0.2, 0.25) is 0 Å². The van der Waals surface area contributed by atoms with E-state index in [-0.39, 0.29) is 5.82 Å². The van der Waals surface area contributed by atoms with Crippen molar-refractivity contribution in [1.82, 2.24) is 0 Å². The van der Waals surface area contributed by atoms with Crippen LogP contribution >= 0.6 is 0 Å². The van der Waals surface area contributed by atoms with Gasteiger partial charge in [0.1, 0.15) is 5.82 Å². The van der Waals surface area contributed by atoms with Gasteiger partial charge in [-0.05, 0) is 85.2 Å². The predicted octanol–water partition coefficient (Wildman–Crippen LogP) is 10.2. The SMILES string of the molecule is C/C=C/CCc1ccc(C#Cc2ccc3c(F)c(CCC4CCC(CCCCC)CC4)ccc3c2)cc1. The van der Waals surface area contributed by atoms with E-state index in [1.165, 1.54) is 56.9 Å². The maximum absolute atomic E-state index is 15.3. The lowest BCUT2D eigenvalue weighted by molar-refractivity contribution is 0.249. The fourth-order valence-electron chi connectivity index (χ4n) is 5.78. The number of fused-ring (bicyclic) bond motifs is 1. The minimum atomic E-state index is -0.0428. The molecule has 37 heavy (non-hydrogen) atoms. The molecule has 0 heterocycles. The van der Waals surface area contributed by atoms with Crippen molar-refractivity contribution in [1.29, 1.82) is 0 Å². The Morgan fingerprint density at radius 2 is 1.51 bits per heavy atom. The molecule has 0 aromatic heterocycles. The predicted molar refractivity (Wildman–Crippen MR) is 157 cm³/mol. The highest BCUT2D eigenvalue weighted by atomic mass is 19.1. The van der Waals surface area contributed by atoms with Crippen molar-refractivity contribution in [2.75, 3.05) is 0 Å². The van der Waals surface area contributed by atoms with Crippen LogP contribution in [0.5, 0.6) is 0 Å². The molecule has 1 fully saturated rings. The summed E-state index contributed by atoms with van der Waals surface area (Å²) < 4.78 is 15.3. The maximum Gasteiger partial charge on any atom is 0.134 e. The van der Waals surface area contributed by atoms with E-state index in [4.69, 9.17) is 0 Å². The molecule has 1 saturated carbocycles. The van der Waals surface area contributed by atoms with Crippen LogP contribution in [0.1, 0.15) is 100 Å². The lowest BCUT2D eigenvalue weighted by atomic mass is 9.77. The Balaban J connectivity index is 1.33. The first kappa shape index (κ1) is 27.2. The molecule has 0 unspecified atom stereocenters. The Kier molecular flexibility index (Phi) is 10.4. The van der Waals surface area contributed by atoms with Crippen molar-refractivity contribution < 1.29 is 4.39 Å². The second kappa shape index (κ2) is 14.2. The number of hydrogen-bond acceptors (Lipinski definition) is 0. The van der Waals surface area contributed by atoms with Crippen molar-refractivity contribution in [2.45, 2.75) is 90.9 Å². The first-order chi connectivity index (χ1) is 18.2. The summed E-state index contributed by atoms with van der Waals surface area (Å²) in [5.74, 6) is 8.18. The number of unbranched alkanes of at least 4 members (excludes halogenated alkanes) is 2. The van der Waals surface area contributed by atoms with Crippen molar-refractivity contribution in [3.05, 3.63) is 94.8 Å². The first-order valence-corrected chi connectivity index (χ1v) is 14.6. The second-order valence-electron chi connectivity index (χ2n) is 11.0. The van der Waals surface area contributed by atoms with Gasteiger partial charge in [-0.25, -0.2) is 4.39 Å². The zero-order valence-corrected chi connectivity index (χ0v) is 22.9. The summed E-state index contributed by atoms with van der Waals surface area (Å²) in [7, 11) is 0. The van der Waals surface area contributed by atoms with Crippen LogP contribution in [0, 0.1) is 29.5 Å². The van der Waals surface area contributed by atoms with E-state index in [0.717, 1.165) is 59.6 Å². The first-order valence-electron chi connectivity index (χ1n) is 14.6. The molecule has 0 radical (unpaired) electrons. The molecule has 0 aliphatic heterocycles. The van der Waals surface area contributed by atoms with Crippen molar-refractivity contribution >= 4 is 10.8 Å². The molecule has 1 aliphatic carbocycles. The topological polar surface area (TPSA) is 0 Å². The average Bonchev–Trinajstić information content (AvgIpc) is 2.93. The van der Waals surface area contributed by atoms with Crippen molar-refractivity contribution in [3.63, 3.8) is 0 Å². The van der Waals surface area contributed by atoms with Gasteiger partial charge in [-0.2, -0.15) is 0 Å². The second-order valence-corrected chi connectivity index (χ2v) is 11.0. The average molecular weight is 495 g/mol. The quantitative estimate of drug-likeness (QED) is 0.149. The van der Waals surface area contributed by atoms with Crippen LogP contribution in [0.15, 0.2) is 66.7 Å². The minimum absolute atomic E-state index is 0.0428. The van der Waals surface area contributed by atoms with Gasteiger partial charge in [0.25, 0.3) is 0 Å². The molecular formula is C36H43F. The van der Waals surface area contributed by atoms with Crippen LogP contribution in [0.2, 0.25) is 0 Å². The Bertz CT molecular complexity index is 1210. The highest BCUT2D eigenvalue weighted by Gasteiger charge is 2.21. The summed E-state index contributed by atoms with van der Waals surface area (Å²) in [5, 5.41) is 1.65. The summed E-state index contributed by atoms with van der Waals surface area (Å²) >= 11 is 0. The molecule has 0 atom stereocenters. The lowest BCUT2D eigenvalue weighted by Crippen LogP contribution is -2.15. The van der Waals surface area contributed by atoms with E-state index in [9.17, 15) is 0 Å². The zero-order valence-electron chi connectivity index (χ0n) is 22.9. The Labute approximate surface area is 224 Å². The highest BCUT2D eigenvalue weighted by molar-refractivity contribution is 5.85. The van der Waals surface area contributed by atoms with Crippen molar-refractivity contribution in [3.8, 4) is 11.8 Å². The van der Waals surface area contributed by atoms with Crippen LogP contribution in [0.4, 0.5) is 4.39 Å². The molecule has 0 spiro atoms. The third kappa shape index (κ3) is 8.07. The fourth-order valence-corrected chi connectivity index (χ4v) is 5.78. The summed E-state index contributed by atoms with van der Waals surface area (Å²) in [6.45, 7) is 4.34. The number of aryl methyl sites for hydroxylation is 2. The molecular weight excluding hydrogens is 451 g/mol. The molecule has 0 amide bonds. The number of allylic oxidation sites excluding steroid dienone is 2. The molecule has 4 rings (SSSR count). The maximum atomic E-state index is 15.3. The van der Waals surface area contributed by atoms with E-state index in [0.29, 0.717) is 5.39 Å². The molecule has 1 aliphatic rings. The molecule has 0 N–H and O–H groups in total. The summed E-state index contributed by atoms with van der Waals surface area (Å²) in [5.41, 5.74) is 4.13. The Hall–Kier alpha value is -2.85. The van der Waals surface area contributed by atoms with E-state index >= 15 is 4.39 Å². The number of rotatable bonds is 10. The molecule has 3 aromatic rings. The van der Waals surface area contributed by atoms with Gasteiger partial charge in [-0.1, -0.05) is 113 Å².